The summed E-state index contributed by atoms with van der Waals surface area (Å²) in [6.45, 7) is 2.09. The van der Waals surface area contributed by atoms with E-state index in [0.29, 0.717) is 6.42 Å². The van der Waals surface area contributed by atoms with E-state index in [9.17, 15) is 4.79 Å². The number of nitrogens with one attached hydrogen (secondary N) is 1. The van der Waals surface area contributed by atoms with Crippen LogP contribution in [0.2, 0.25) is 0 Å². The number of carbonyl (C=O) groups is 1. The van der Waals surface area contributed by atoms with E-state index in [1.807, 2.05) is 24.5 Å². The molecule has 1 amide bonds. The number of hydrogen-bond donors (Lipinski definition) is 1. The topological polar surface area (TPSA) is 42.0 Å². The third kappa shape index (κ3) is 3.65. The summed E-state index contributed by atoms with van der Waals surface area (Å²) in [4.78, 5) is 16.5. The molecule has 0 saturated carbocycles. The maximum absolute atomic E-state index is 12.3. The molecule has 0 fully saturated rings. The Balaban J connectivity index is 1.59. The molecule has 3 nitrogen and oxygen atoms in total. The number of thioether (sulfide) groups is 1. The number of aromatic nitrogens is 1. The summed E-state index contributed by atoms with van der Waals surface area (Å²) in [6, 6.07) is 14.5. The van der Waals surface area contributed by atoms with Gasteiger partial charge in [-0.3, -0.25) is 9.78 Å². The number of hydrogen-bond acceptors (Lipinski definition) is 3. The molecule has 26 heavy (non-hydrogen) atoms. The summed E-state index contributed by atoms with van der Waals surface area (Å²) in [5.74, 6) is 1.14. The average Bonchev–Trinajstić information content (AvgIpc) is 3.16. The van der Waals surface area contributed by atoms with Gasteiger partial charge in [0.05, 0.1) is 0 Å². The highest BCUT2D eigenvalue weighted by atomic mass is 32.2. The first-order valence-electron chi connectivity index (χ1n) is 8.73. The molecule has 3 aromatic rings. The highest BCUT2D eigenvalue weighted by Gasteiger charge is 2.11. The molecule has 0 aliphatic carbocycles. The normalized spacial score (nSPS) is 13.7. The van der Waals surface area contributed by atoms with Crippen LogP contribution in [-0.4, -0.2) is 16.6 Å². The maximum atomic E-state index is 12.3. The molecule has 130 valence electrons. The third-order valence-corrected chi connectivity index (χ3v) is 5.59. The molecule has 0 radical (unpaired) electrons. The van der Waals surface area contributed by atoms with Gasteiger partial charge in [-0.2, -0.15) is 0 Å². The van der Waals surface area contributed by atoms with Gasteiger partial charge < -0.3 is 5.32 Å². The molecule has 0 atom stereocenters. The molecule has 0 unspecified atom stereocenters. The summed E-state index contributed by atoms with van der Waals surface area (Å²) in [5, 5.41) is 7.45. The van der Waals surface area contributed by atoms with E-state index in [1.165, 1.54) is 16.5 Å². The Bertz CT molecular complexity index is 1010. The second kappa shape index (κ2) is 7.34. The third-order valence-electron chi connectivity index (χ3n) is 4.65. The fourth-order valence-corrected chi connectivity index (χ4v) is 4.17. The lowest BCUT2D eigenvalue weighted by atomic mass is 9.98. The Labute approximate surface area is 157 Å². The van der Waals surface area contributed by atoms with Crippen molar-refractivity contribution in [1.82, 2.24) is 4.98 Å². The average molecular weight is 360 g/mol. The smallest absolute Gasteiger partial charge is 0.228 e. The highest BCUT2D eigenvalue weighted by molar-refractivity contribution is 8.02. The lowest BCUT2D eigenvalue weighted by Crippen LogP contribution is -2.12. The van der Waals surface area contributed by atoms with Crippen LogP contribution in [0, 0.1) is 6.92 Å². The second-order valence-corrected chi connectivity index (χ2v) is 7.57. The van der Waals surface area contributed by atoms with E-state index in [4.69, 9.17) is 0 Å². The number of aryl methyl sites for hydroxylation is 1. The van der Waals surface area contributed by atoms with E-state index < -0.39 is 0 Å². The lowest BCUT2D eigenvalue weighted by molar-refractivity contribution is -0.115. The van der Waals surface area contributed by atoms with Crippen molar-refractivity contribution in [2.75, 3.05) is 11.1 Å². The minimum absolute atomic E-state index is 0.0521. The summed E-state index contributed by atoms with van der Waals surface area (Å²) in [6.07, 6.45) is 5.19. The molecule has 0 bridgehead atoms. The monoisotopic (exact) mass is 360 g/mol. The zero-order chi connectivity index (χ0) is 17.9. The van der Waals surface area contributed by atoms with Gasteiger partial charge in [0.15, 0.2) is 0 Å². The van der Waals surface area contributed by atoms with Crippen molar-refractivity contribution in [1.29, 1.82) is 0 Å². The van der Waals surface area contributed by atoms with Crippen molar-refractivity contribution in [3.8, 4) is 11.1 Å². The van der Waals surface area contributed by atoms with E-state index in [-0.39, 0.29) is 5.91 Å². The summed E-state index contributed by atoms with van der Waals surface area (Å²) in [7, 11) is 0. The molecular weight excluding hydrogens is 340 g/mol. The van der Waals surface area contributed by atoms with Crippen LogP contribution >= 0.6 is 11.8 Å². The first-order chi connectivity index (χ1) is 12.7. The summed E-state index contributed by atoms with van der Waals surface area (Å²) < 4.78 is 0. The Morgan fingerprint density at radius 3 is 2.92 bits per heavy atom. The predicted octanol–water partition coefficient (Wildman–Crippen LogP) is 5.56. The van der Waals surface area contributed by atoms with Crippen molar-refractivity contribution in [2.45, 2.75) is 19.8 Å². The van der Waals surface area contributed by atoms with Gasteiger partial charge in [0.2, 0.25) is 5.91 Å². The van der Waals surface area contributed by atoms with Gasteiger partial charge >= 0.3 is 0 Å². The first kappa shape index (κ1) is 16.9. The van der Waals surface area contributed by atoms with Gasteiger partial charge in [-0.25, -0.2) is 0 Å². The molecule has 1 aliphatic heterocycles. The van der Waals surface area contributed by atoms with Crippen LogP contribution in [0.5, 0.6) is 0 Å². The molecule has 0 spiro atoms. The Morgan fingerprint density at radius 1 is 1.15 bits per heavy atom. The number of rotatable bonds is 4. The Morgan fingerprint density at radius 2 is 2.08 bits per heavy atom. The van der Waals surface area contributed by atoms with E-state index in [1.54, 1.807) is 11.8 Å². The van der Waals surface area contributed by atoms with Gasteiger partial charge in [-0.1, -0.05) is 23.8 Å². The standard InChI is InChI=1S/C22H20N2OS/c1-15-2-5-20(24-22(25)10-16-7-9-26-14-16)12-21(15)18-4-3-17-6-8-23-13-19(17)11-18/h2-6,8,11-14H,7,9-10H2,1H3,(H,24,25). The number of amides is 1. The van der Waals surface area contributed by atoms with Crippen molar-refractivity contribution in [3.05, 3.63) is 71.4 Å². The van der Waals surface area contributed by atoms with Crippen LogP contribution in [0.1, 0.15) is 18.4 Å². The number of carbonyl (C=O) groups excluding carboxylic acids is 1. The number of pyridine rings is 1. The lowest BCUT2D eigenvalue weighted by Gasteiger charge is -2.11. The van der Waals surface area contributed by atoms with Crippen LogP contribution in [0.15, 0.2) is 65.8 Å². The van der Waals surface area contributed by atoms with E-state index >= 15 is 0 Å². The van der Waals surface area contributed by atoms with Crippen LogP contribution in [0.4, 0.5) is 5.69 Å². The van der Waals surface area contributed by atoms with Gasteiger partial charge in [0.25, 0.3) is 0 Å². The second-order valence-electron chi connectivity index (χ2n) is 6.59. The molecule has 4 rings (SSSR count). The molecule has 2 aromatic carbocycles. The molecule has 2 heterocycles. The Hall–Kier alpha value is -2.59. The molecule has 1 N–H and O–H groups in total. The van der Waals surface area contributed by atoms with Gasteiger partial charge in [0.1, 0.15) is 0 Å². The van der Waals surface area contributed by atoms with Gasteiger partial charge in [0, 0.05) is 35.6 Å². The number of nitrogens with zero attached hydrogens (tertiary/aromatic N) is 1. The zero-order valence-electron chi connectivity index (χ0n) is 14.7. The van der Waals surface area contributed by atoms with Crippen molar-refractivity contribution in [3.63, 3.8) is 0 Å². The van der Waals surface area contributed by atoms with Gasteiger partial charge in [-0.05, 0) is 65.1 Å². The summed E-state index contributed by atoms with van der Waals surface area (Å²) in [5.41, 5.74) is 5.51. The van der Waals surface area contributed by atoms with Crippen molar-refractivity contribution >= 4 is 34.1 Å². The zero-order valence-corrected chi connectivity index (χ0v) is 15.5. The SMILES string of the molecule is Cc1ccc(NC(=O)CC2=CSCC2)cc1-c1ccc2ccncc2c1. The minimum atomic E-state index is 0.0521. The van der Waals surface area contributed by atoms with Crippen molar-refractivity contribution in [2.24, 2.45) is 0 Å². The fourth-order valence-electron chi connectivity index (χ4n) is 3.23. The van der Waals surface area contributed by atoms with Gasteiger partial charge in [-0.15, -0.1) is 11.8 Å². The Kier molecular flexibility index (Phi) is 4.76. The quantitative estimate of drug-likeness (QED) is 0.662. The van der Waals surface area contributed by atoms with Crippen LogP contribution in [-0.2, 0) is 4.79 Å². The van der Waals surface area contributed by atoms with E-state index in [2.05, 4.69) is 53.0 Å². The predicted molar refractivity (Wildman–Crippen MR) is 110 cm³/mol. The van der Waals surface area contributed by atoms with Crippen LogP contribution in [0.3, 0.4) is 0 Å². The molecule has 0 saturated heterocycles. The number of benzene rings is 2. The molecular formula is C22H20N2OS. The summed E-state index contributed by atoms with van der Waals surface area (Å²) >= 11 is 1.79. The van der Waals surface area contributed by atoms with E-state index in [0.717, 1.165) is 34.4 Å². The largest absolute Gasteiger partial charge is 0.326 e. The molecule has 1 aliphatic rings. The maximum Gasteiger partial charge on any atom is 0.228 e. The minimum Gasteiger partial charge on any atom is -0.326 e. The fraction of sp³-hybridized carbons (Fsp3) is 0.182. The molecule has 4 heteroatoms. The number of anilines is 1. The number of fused-ring (bicyclic) bond motifs is 1. The first-order valence-corrected chi connectivity index (χ1v) is 9.78. The van der Waals surface area contributed by atoms with Crippen LogP contribution in [0.25, 0.3) is 21.9 Å². The van der Waals surface area contributed by atoms with Crippen molar-refractivity contribution < 1.29 is 4.79 Å². The van der Waals surface area contributed by atoms with Crippen LogP contribution < -0.4 is 5.32 Å². The molecule has 1 aromatic heterocycles. The highest BCUT2D eigenvalue weighted by Crippen LogP contribution is 2.30.